The van der Waals surface area contributed by atoms with Crippen molar-refractivity contribution in [2.24, 2.45) is 0 Å². The van der Waals surface area contributed by atoms with Crippen molar-refractivity contribution >= 4 is 0 Å². The van der Waals surface area contributed by atoms with Crippen LogP contribution in [0.3, 0.4) is 0 Å². The summed E-state index contributed by atoms with van der Waals surface area (Å²) < 4.78 is 5.19. The fraction of sp³-hybridized carbons (Fsp3) is 0.400. The fourth-order valence-electron chi connectivity index (χ4n) is 1.25. The van der Waals surface area contributed by atoms with E-state index < -0.39 is 0 Å². The Morgan fingerprint density at radius 2 is 2.00 bits per heavy atom. The Bertz CT molecular complexity index is 279. The van der Waals surface area contributed by atoms with E-state index in [9.17, 15) is 0 Å². The average molecular weight is 166 g/mol. The van der Waals surface area contributed by atoms with Crippen molar-refractivity contribution < 1.29 is 9.84 Å². The monoisotopic (exact) mass is 166 g/mol. The summed E-state index contributed by atoms with van der Waals surface area (Å²) in [6.45, 7) is 4.05. The molecule has 0 amide bonds. The third-order valence-corrected chi connectivity index (χ3v) is 2.13. The Kier molecular flexibility index (Phi) is 2.71. The minimum absolute atomic E-state index is 0.0320. The van der Waals surface area contributed by atoms with Crippen LogP contribution in [-0.4, -0.2) is 12.2 Å². The third kappa shape index (κ3) is 1.43. The third-order valence-electron chi connectivity index (χ3n) is 2.13. The van der Waals surface area contributed by atoms with Crippen molar-refractivity contribution in [3.63, 3.8) is 0 Å². The van der Waals surface area contributed by atoms with Gasteiger partial charge in [0.1, 0.15) is 5.75 Å². The largest absolute Gasteiger partial charge is 0.496 e. The number of hydrogen-bond donors (Lipinski definition) is 1. The van der Waals surface area contributed by atoms with Gasteiger partial charge < -0.3 is 9.84 Å². The first-order valence-electron chi connectivity index (χ1n) is 3.94. The Labute approximate surface area is 72.8 Å². The molecule has 0 heterocycles. The van der Waals surface area contributed by atoms with Crippen molar-refractivity contribution in [3.8, 4) is 5.75 Å². The molecule has 0 aromatic heterocycles. The summed E-state index contributed by atoms with van der Waals surface area (Å²) in [7, 11) is 1.63. The smallest absolute Gasteiger partial charge is 0.127 e. The number of aliphatic hydroxyl groups excluding tert-OH is 1. The highest BCUT2D eigenvalue weighted by atomic mass is 16.5. The normalized spacial score (nSPS) is 10.0. The van der Waals surface area contributed by atoms with Crippen molar-refractivity contribution in [2.75, 3.05) is 7.11 Å². The maximum absolute atomic E-state index is 8.98. The second-order valence-electron chi connectivity index (χ2n) is 2.86. The van der Waals surface area contributed by atoms with E-state index in [-0.39, 0.29) is 6.61 Å². The van der Waals surface area contributed by atoms with Crippen LogP contribution in [0.1, 0.15) is 16.7 Å². The molecule has 12 heavy (non-hydrogen) atoms. The van der Waals surface area contributed by atoms with Gasteiger partial charge in [-0.25, -0.2) is 0 Å². The van der Waals surface area contributed by atoms with Gasteiger partial charge in [0.05, 0.1) is 13.7 Å². The van der Waals surface area contributed by atoms with E-state index in [4.69, 9.17) is 9.84 Å². The Balaban J connectivity index is 3.25. The average Bonchev–Trinajstić information content (AvgIpc) is 2.09. The molecule has 0 bridgehead atoms. The highest BCUT2D eigenvalue weighted by Crippen LogP contribution is 2.25. The maximum atomic E-state index is 8.98. The van der Waals surface area contributed by atoms with Crippen LogP contribution in [0.2, 0.25) is 0 Å². The lowest BCUT2D eigenvalue weighted by molar-refractivity contribution is 0.273. The summed E-state index contributed by atoms with van der Waals surface area (Å²) in [6, 6.07) is 3.88. The zero-order chi connectivity index (χ0) is 9.14. The summed E-state index contributed by atoms with van der Waals surface area (Å²) in [5, 5.41) is 8.98. The van der Waals surface area contributed by atoms with Crippen molar-refractivity contribution in [2.45, 2.75) is 20.5 Å². The molecule has 0 radical (unpaired) electrons. The number of benzene rings is 1. The van der Waals surface area contributed by atoms with Crippen LogP contribution in [0, 0.1) is 13.8 Å². The van der Waals surface area contributed by atoms with Crippen molar-refractivity contribution in [1.29, 1.82) is 0 Å². The fourth-order valence-corrected chi connectivity index (χ4v) is 1.25. The first-order valence-corrected chi connectivity index (χ1v) is 3.94. The number of rotatable bonds is 2. The molecule has 0 aliphatic carbocycles. The number of aliphatic hydroxyl groups is 1. The van der Waals surface area contributed by atoms with Gasteiger partial charge in [0.25, 0.3) is 0 Å². The van der Waals surface area contributed by atoms with Gasteiger partial charge in [0, 0.05) is 5.56 Å². The van der Waals surface area contributed by atoms with Crippen LogP contribution in [-0.2, 0) is 6.61 Å². The van der Waals surface area contributed by atoms with Gasteiger partial charge >= 0.3 is 0 Å². The Morgan fingerprint density at radius 3 is 2.50 bits per heavy atom. The van der Waals surface area contributed by atoms with Crippen LogP contribution >= 0.6 is 0 Å². The van der Waals surface area contributed by atoms with E-state index in [0.29, 0.717) is 0 Å². The van der Waals surface area contributed by atoms with Crippen LogP contribution in [0.4, 0.5) is 0 Å². The number of hydrogen-bond acceptors (Lipinski definition) is 2. The minimum Gasteiger partial charge on any atom is -0.496 e. The van der Waals surface area contributed by atoms with Gasteiger partial charge in [-0.1, -0.05) is 12.1 Å². The van der Waals surface area contributed by atoms with Gasteiger partial charge in [-0.3, -0.25) is 0 Å². The molecule has 0 aliphatic heterocycles. The van der Waals surface area contributed by atoms with E-state index in [1.54, 1.807) is 7.11 Å². The number of methoxy groups -OCH3 is 1. The predicted molar refractivity (Wildman–Crippen MR) is 48.4 cm³/mol. The second-order valence-corrected chi connectivity index (χ2v) is 2.86. The van der Waals surface area contributed by atoms with Gasteiger partial charge in [-0.05, 0) is 25.0 Å². The second kappa shape index (κ2) is 3.59. The molecule has 2 nitrogen and oxygen atoms in total. The highest BCUT2D eigenvalue weighted by Gasteiger charge is 2.06. The molecular weight excluding hydrogens is 152 g/mol. The zero-order valence-electron chi connectivity index (χ0n) is 7.72. The molecule has 0 saturated heterocycles. The molecule has 1 aromatic rings. The quantitative estimate of drug-likeness (QED) is 0.726. The van der Waals surface area contributed by atoms with Crippen LogP contribution < -0.4 is 4.74 Å². The summed E-state index contributed by atoms with van der Waals surface area (Å²) in [4.78, 5) is 0. The first kappa shape index (κ1) is 9.07. The molecule has 0 aliphatic rings. The lowest BCUT2D eigenvalue weighted by Crippen LogP contribution is -1.96. The minimum atomic E-state index is 0.0320. The first-order chi connectivity index (χ1) is 5.70. The molecule has 0 unspecified atom stereocenters. The van der Waals surface area contributed by atoms with Crippen LogP contribution in [0.5, 0.6) is 5.75 Å². The topological polar surface area (TPSA) is 29.5 Å². The SMILES string of the molecule is COc1c(CO)ccc(C)c1C. The lowest BCUT2D eigenvalue weighted by Gasteiger charge is -2.11. The van der Waals surface area contributed by atoms with Gasteiger partial charge in [-0.2, -0.15) is 0 Å². The van der Waals surface area contributed by atoms with E-state index in [1.807, 2.05) is 26.0 Å². The molecule has 0 atom stereocenters. The molecule has 0 fully saturated rings. The van der Waals surface area contributed by atoms with Crippen molar-refractivity contribution in [1.82, 2.24) is 0 Å². The molecule has 1 rings (SSSR count). The van der Waals surface area contributed by atoms with Crippen molar-refractivity contribution in [3.05, 3.63) is 28.8 Å². The standard InChI is InChI=1S/C10H14O2/c1-7-4-5-9(6-11)10(12-3)8(7)2/h4-5,11H,6H2,1-3H3. The van der Waals surface area contributed by atoms with E-state index >= 15 is 0 Å². The highest BCUT2D eigenvalue weighted by molar-refractivity contribution is 5.44. The number of aryl methyl sites for hydroxylation is 1. The summed E-state index contributed by atoms with van der Waals surface area (Å²) in [6.07, 6.45) is 0. The molecular formula is C10H14O2. The summed E-state index contributed by atoms with van der Waals surface area (Å²) >= 11 is 0. The van der Waals surface area contributed by atoms with E-state index in [1.165, 1.54) is 5.56 Å². The van der Waals surface area contributed by atoms with Crippen LogP contribution in [0.25, 0.3) is 0 Å². The van der Waals surface area contributed by atoms with Gasteiger partial charge in [-0.15, -0.1) is 0 Å². The van der Waals surface area contributed by atoms with Gasteiger partial charge in [0.2, 0.25) is 0 Å². The lowest BCUT2D eigenvalue weighted by atomic mass is 10.1. The molecule has 66 valence electrons. The van der Waals surface area contributed by atoms with Crippen LogP contribution in [0.15, 0.2) is 12.1 Å². The Hall–Kier alpha value is -1.02. The van der Waals surface area contributed by atoms with E-state index in [0.717, 1.165) is 16.9 Å². The molecule has 0 saturated carbocycles. The Morgan fingerprint density at radius 1 is 1.33 bits per heavy atom. The summed E-state index contributed by atoms with van der Waals surface area (Å²) in [5.41, 5.74) is 3.13. The van der Waals surface area contributed by atoms with Gasteiger partial charge in [0.15, 0.2) is 0 Å². The zero-order valence-corrected chi connectivity index (χ0v) is 7.72. The molecule has 1 N–H and O–H groups in total. The molecule has 1 aromatic carbocycles. The van der Waals surface area contributed by atoms with E-state index in [2.05, 4.69) is 0 Å². The molecule has 2 heteroatoms. The summed E-state index contributed by atoms with van der Waals surface area (Å²) in [5.74, 6) is 0.803. The maximum Gasteiger partial charge on any atom is 0.127 e. The predicted octanol–water partition coefficient (Wildman–Crippen LogP) is 1.80. The number of ether oxygens (including phenoxy) is 1. The molecule has 0 spiro atoms.